The van der Waals surface area contributed by atoms with Crippen molar-refractivity contribution in [2.45, 2.75) is 161 Å². The van der Waals surface area contributed by atoms with Crippen molar-refractivity contribution in [2.24, 2.45) is 29.2 Å². The lowest BCUT2D eigenvalue weighted by atomic mass is 9.97. The molecule has 10 atom stereocenters. The van der Waals surface area contributed by atoms with Crippen molar-refractivity contribution in [3.8, 4) is 0 Å². The number of nitrogens with one attached hydrogen (secondary N) is 7. The maximum Gasteiger partial charge on any atom is 0.326 e. The molecule has 2 aliphatic rings. The standard InChI is InChI=1S/C49H75N11O12/c1-8-27(6)40(49(71)72)58-44(66)34(20-26(4)5)55-46(68)38-16-12-18-60(38)48(70)36(21-29-23-52-32-14-10-9-13-30(29)32)57-41(63)28(7)53-42(64)33(19-25(2)3)54-43(65)35(22-39(51)62)56-45(67)37-15-11-17-59(37)47(69)31(50)24-61/h9-10,13-14,23,25-28,31,33-38,40,52,61H,8,11-12,15-22,24,50H2,1-7H3,(H2,51,62)(H,53,64)(H,54,65)(H,55,68)(H,56,67)(H,57,63)(H,58,66)(H,71,72)/t27-,28-,31-,33-,34-,35-,36-,37-,38-,40-/m0/s1. The van der Waals surface area contributed by atoms with E-state index in [4.69, 9.17) is 11.5 Å². The molecule has 398 valence electrons. The Kier molecular flexibility index (Phi) is 21.5. The molecule has 72 heavy (non-hydrogen) atoms. The van der Waals surface area contributed by atoms with Crippen molar-refractivity contribution in [3.63, 3.8) is 0 Å². The quantitative estimate of drug-likeness (QED) is 0.0542. The van der Waals surface area contributed by atoms with Crippen LogP contribution in [0, 0.1) is 17.8 Å². The number of aliphatic hydroxyl groups excluding tert-OH is 1. The first-order chi connectivity index (χ1) is 34.0. The van der Waals surface area contributed by atoms with E-state index in [1.54, 1.807) is 33.9 Å². The Bertz CT molecular complexity index is 2290. The van der Waals surface area contributed by atoms with Crippen LogP contribution in [0.5, 0.6) is 0 Å². The van der Waals surface area contributed by atoms with Crippen LogP contribution in [0.2, 0.25) is 0 Å². The van der Waals surface area contributed by atoms with Crippen LogP contribution in [0.3, 0.4) is 0 Å². The minimum absolute atomic E-state index is 0.0370. The van der Waals surface area contributed by atoms with Crippen LogP contribution in [0.25, 0.3) is 10.9 Å². The van der Waals surface area contributed by atoms with Crippen LogP contribution >= 0.6 is 0 Å². The van der Waals surface area contributed by atoms with Crippen LogP contribution in [-0.2, 0) is 54.4 Å². The number of carbonyl (C=O) groups is 10. The number of aromatic nitrogens is 1. The number of benzene rings is 1. The van der Waals surface area contributed by atoms with Crippen molar-refractivity contribution in [2.75, 3.05) is 19.7 Å². The second-order valence-corrected chi connectivity index (χ2v) is 19.8. The number of fused-ring (bicyclic) bond motifs is 1. The van der Waals surface area contributed by atoms with E-state index in [1.807, 2.05) is 38.1 Å². The smallest absolute Gasteiger partial charge is 0.326 e. The number of aromatic amines is 1. The largest absolute Gasteiger partial charge is 0.480 e. The number of hydrogen-bond acceptors (Lipinski definition) is 12. The second kappa shape index (κ2) is 26.7. The van der Waals surface area contributed by atoms with E-state index in [-0.39, 0.29) is 57.0 Å². The fourth-order valence-corrected chi connectivity index (χ4v) is 9.06. The van der Waals surface area contributed by atoms with Gasteiger partial charge in [-0.25, -0.2) is 4.79 Å². The van der Waals surface area contributed by atoms with Crippen molar-refractivity contribution >= 4 is 70.0 Å². The summed E-state index contributed by atoms with van der Waals surface area (Å²) in [6, 6.07) is -3.77. The number of carboxylic acids is 1. The van der Waals surface area contributed by atoms with Gasteiger partial charge in [0.25, 0.3) is 0 Å². The Morgan fingerprint density at radius 3 is 1.75 bits per heavy atom. The van der Waals surface area contributed by atoms with E-state index in [0.29, 0.717) is 24.8 Å². The number of carbonyl (C=O) groups excluding carboxylic acids is 9. The summed E-state index contributed by atoms with van der Waals surface area (Å²) >= 11 is 0. The topological polar surface area (TPSA) is 358 Å². The first kappa shape index (κ1) is 58.0. The van der Waals surface area contributed by atoms with Gasteiger partial charge in [0.1, 0.15) is 54.4 Å². The molecular weight excluding hydrogens is 935 g/mol. The minimum Gasteiger partial charge on any atom is -0.480 e. The fraction of sp³-hybridized carbons (Fsp3) is 0.633. The third-order valence-corrected chi connectivity index (χ3v) is 13.2. The van der Waals surface area contributed by atoms with Gasteiger partial charge in [-0.2, -0.15) is 0 Å². The molecule has 0 aliphatic carbocycles. The van der Waals surface area contributed by atoms with Gasteiger partial charge in [-0.15, -0.1) is 0 Å². The van der Waals surface area contributed by atoms with Crippen LogP contribution in [-0.4, -0.2) is 158 Å². The summed E-state index contributed by atoms with van der Waals surface area (Å²) in [7, 11) is 0. The van der Waals surface area contributed by atoms with E-state index in [2.05, 4.69) is 36.9 Å². The van der Waals surface area contributed by atoms with E-state index in [0.717, 1.165) is 10.9 Å². The number of primary amides is 1. The molecule has 23 nitrogen and oxygen atoms in total. The summed E-state index contributed by atoms with van der Waals surface area (Å²) in [5, 5.41) is 35.8. The molecule has 2 fully saturated rings. The van der Waals surface area contributed by atoms with Crippen molar-refractivity contribution in [1.29, 1.82) is 0 Å². The minimum atomic E-state index is -1.56. The van der Waals surface area contributed by atoms with Crippen LogP contribution in [0.4, 0.5) is 0 Å². The number of rotatable bonds is 26. The highest BCUT2D eigenvalue weighted by atomic mass is 16.4. The third kappa shape index (κ3) is 15.7. The van der Waals surface area contributed by atoms with Gasteiger partial charge in [0.2, 0.25) is 53.2 Å². The summed E-state index contributed by atoms with van der Waals surface area (Å²) in [6.07, 6.45) is 3.04. The lowest BCUT2D eigenvalue weighted by Crippen LogP contribution is -2.60. The normalized spacial score (nSPS) is 19.0. The molecule has 1 aromatic carbocycles. The van der Waals surface area contributed by atoms with Crippen molar-refractivity contribution in [3.05, 3.63) is 36.0 Å². The Morgan fingerprint density at radius 2 is 1.21 bits per heavy atom. The van der Waals surface area contributed by atoms with E-state index < -0.39 is 132 Å². The molecule has 13 N–H and O–H groups in total. The van der Waals surface area contributed by atoms with Gasteiger partial charge in [0.05, 0.1) is 13.0 Å². The number of nitrogens with two attached hydrogens (primary N) is 2. The predicted molar refractivity (Wildman–Crippen MR) is 264 cm³/mol. The number of carboxylic acid groups (broad SMARTS) is 1. The van der Waals surface area contributed by atoms with Gasteiger partial charge in [0.15, 0.2) is 0 Å². The highest BCUT2D eigenvalue weighted by Crippen LogP contribution is 2.24. The molecule has 2 saturated heterocycles. The van der Waals surface area contributed by atoms with E-state index in [1.165, 1.54) is 16.7 Å². The Hall–Kier alpha value is -6.62. The zero-order chi connectivity index (χ0) is 53.6. The van der Waals surface area contributed by atoms with E-state index >= 15 is 0 Å². The number of aliphatic hydroxyl groups is 1. The number of nitrogens with zero attached hydrogens (tertiary/aromatic N) is 2. The maximum atomic E-state index is 14.7. The molecule has 4 rings (SSSR count). The van der Waals surface area contributed by atoms with Gasteiger partial charge < -0.3 is 68.4 Å². The van der Waals surface area contributed by atoms with Crippen molar-refractivity contribution in [1.82, 2.24) is 46.7 Å². The molecule has 1 aromatic heterocycles. The first-order valence-corrected chi connectivity index (χ1v) is 24.8. The third-order valence-electron chi connectivity index (χ3n) is 13.2. The summed E-state index contributed by atoms with van der Waals surface area (Å²) in [5.74, 6) is -8.69. The summed E-state index contributed by atoms with van der Waals surface area (Å²) < 4.78 is 0. The molecule has 0 saturated carbocycles. The maximum absolute atomic E-state index is 14.7. The molecule has 0 unspecified atom stereocenters. The van der Waals surface area contributed by atoms with Gasteiger partial charge >= 0.3 is 5.97 Å². The number of amides is 9. The molecular formula is C49H75N11O12. The zero-order valence-corrected chi connectivity index (χ0v) is 42.3. The molecule has 0 spiro atoms. The van der Waals surface area contributed by atoms with Gasteiger partial charge in [-0.1, -0.05) is 66.2 Å². The Morgan fingerprint density at radius 1 is 0.694 bits per heavy atom. The van der Waals surface area contributed by atoms with Crippen molar-refractivity contribution < 1.29 is 58.2 Å². The van der Waals surface area contributed by atoms with Crippen LogP contribution < -0.4 is 43.4 Å². The number of H-pyrrole nitrogens is 1. The average Bonchev–Trinajstić information content (AvgIpc) is 4.12. The molecule has 2 aromatic rings. The summed E-state index contributed by atoms with van der Waals surface area (Å²) in [6.45, 7) is 11.8. The lowest BCUT2D eigenvalue weighted by Gasteiger charge is -2.31. The molecule has 23 heteroatoms. The first-order valence-electron chi connectivity index (χ1n) is 24.8. The molecule has 2 aliphatic heterocycles. The average molecular weight is 1010 g/mol. The number of para-hydroxylation sites is 1. The van der Waals surface area contributed by atoms with Gasteiger partial charge in [-0.3, -0.25) is 43.2 Å². The Balaban J connectivity index is 1.53. The zero-order valence-electron chi connectivity index (χ0n) is 42.3. The fourth-order valence-electron chi connectivity index (χ4n) is 9.06. The number of likely N-dealkylation sites (tertiary alicyclic amines) is 2. The molecule has 9 amide bonds. The predicted octanol–water partition coefficient (Wildman–Crippen LogP) is -0.961. The van der Waals surface area contributed by atoms with Gasteiger partial charge in [-0.05, 0) is 74.8 Å². The molecule has 0 bridgehead atoms. The number of hydrogen-bond donors (Lipinski definition) is 11. The van der Waals surface area contributed by atoms with Crippen LogP contribution in [0.1, 0.15) is 105 Å². The Labute approximate surface area is 419 Å². The molecule has 3 heterocycles. The highest BCUT2D eigenvalue weighted by Gasteiger charge is 2.42. The highest BCUT2D eigenvalue weighted by molar-refractivity contribution is 5.99. The summed E-state index contributed by atoms with van der Waals surface area (Å²) in [4.78, 5) is 140. The second-order valence-electron chi connectivity index (χ2n) is 19.8. The lowest BCUT2D eigenvalue weighted by molar-refractivity contribution is -0.144. The molecule has 0 radical (unpaired) electrons. The monoisotopic (exact) mass is 1010 g/mol. The SMILES string of the molecule is CC[C@H](C)[C@H](NC(=O)[C@H](CC(C)C)NC(=O)[C@@H]1CCCN1C(=O)[C@H](Cc1c[nH]c2ccccc12)NC(=O)[C@H](C)NC(=O)[C@H](CC(C)C)NC(=O)[C@H](CC(N)=O)NC(=O)[C@@H]1CCCN1C(=O)[C@@H](N)CO)C(=O)O. The number of aliphatic carboxylic acids is 1. The van der Waals surface area contributed by atoms with Crippen LogP contribution in [0.15, 0.2) is 30.5 Å². The summed E-state index contributed by atoms with van der Waals surface area (Å²) in [5.41, 5.74) is 12.6. The van der Waals surface area contributed by atoms with Gasteiger partial charge in [0, 0.05) is 36.6 Å². The van der Waals surface area contributed by atoms with E-state index in [9.17, 15) is 58.2 Å².